The Morgan fingerprint density at radius 2 is 2.31 bits per heavy atom. The predicted molar refractivity (Wildman–Crippen MR) is 65.3 cm³/mol. The van der Waals surface area contributed by atoms with E-state index in [1.165, 1.54) is 5.69 Å². The van der Waals surface area contributed by atoms with Gasteiger partial charge in [0, 0.05) is 28.7 Å². The second kappa shape index (κ2) is 3.40. The van der Waals surface area contributed by atoms with Crippen molar-refractivity contribution in [2.45, 2.75) is 13.0 Å². The summed E-state index contributed by atoms with van der Waals surface area (Å²) >= 11 is 6.04. The maximum absolute atomic E-state index is 6.04. The Balaban J connectivity index is 2.38. The molecular weight excluding hydrogens is 224 g/mol. The Morgan fingerprint density at radius 1 is 1.50 bits per heavy atom. The molecular formula is C12H13ClN2O. The lowest BCUT2D eigenvalue weighted by atomic mass is 10.2. The molecule has 4 heteroatoms. The van der Waals surface area contributed by atoms with Crippen molar-refractivity contribution in [3.8, 4) is 5.75 Å². The highest BCUT2D eigenvalue weighted by Crippen LogP contribution is 2.37. The topological polar surface area (TPSA) is 40.2 Å². The highest BCUT2D eigenvalue weighted by Gasteiger charge is 2.23. The minimum absolute atomic E-state index is 0.228. The Hall–Kier alpha value is -1.19. The molecule has 0 saturated carbocycles. The minimum Gasteiger partial charge on any atom is -0.489 e. The molecule has 0 amide bonds. The number of hydrogen-bond acceptors (Lipinski definition) is 2. The van der Waals surface area contributed by atoms with Gasteiger partial charge in [-0.2, -0.15) is 0 Å². The molecule has 0 radical (unpaired) electrons. The van der Waals surface area contributed by atoms with E-state index >= 15 is 0 Å². The molecule has 16 heavy (non-hydrogen) atoms. The molecule has 2 N–H and O–H groups in total. The molecule has 1 atom stereocenters. The number of aromatic nitrogens is 1. The van der Waals surface area contributed by atoms with Crippen LogP contribution in [0.5, 0.6) is 5.75 Å². The van der Waals surface area contributed by atoms with E-state index in [0.717, 1.165) is 16.7 Å². The van der Waals surface area contributed by atoms with Crippen LogP contribution in [0.25, 0.3) is 10.9 Å². The van der Waals surface area contributed by atoms with Crippen LogP contribution in [0.1, 0.15) is 11.7 Å². The summed E-state index contributed by atoms with van der Waals surface area (Å²) in [7, 11) is 0. The summed E-state index contributed by atoms with van der Waals surface area (Å²) in [4.78, 5) is 0. The molecule has 3 nitrogen and oxygen atoms in total. The van der Waals surface area contributed by atoms with Gasteiger partial charge in [-0.1, -0.05) is 11.6 Å². The summed E-state index contributed by atoms with van der Waals surface area (Å²) in [5.74, 6) is 0.861. The number of halogens is 1. The van der Waals surface area contributed by atoms with E-state index in [1.807, 2.05) is 12.1 Å². The summed E-state index contributed by atoms with van der Waals surface area (Å²) in [5, 5.41) is 1.84. The first-order valence-electron chi connectivity index (χ1n) is 5.34. The van der Waals surface area contributed by atoms with E-state index in [4.69, 9.17) is 22.1 Å². The first-order valence-corrected chi connectivity index (χ1v) is 5.72. The van der Waals surface area contributed by atoms with Crippen molar-refractivity contribution in [2.24, 2.45) is 5.73 Å². The molecule has 1 aromatic carbocycles. The van der Waals surface area contributed by atoms with Gasteiger partial charge in [0.05, 0.1) is 11.6 Å². The molecule has 2 aromatic rings. The Labute approximate surface area is 98.7 Å². The normalized spacial score (nSPS) is 18.8. The first-order chi connectivity index (χ1) is 7.70. The van der Waals surface area contributed by atoms with Gasteiger partial charge >= 0.3 is 0 Å². The number of benzene rings is 1. The largest absolute Gasteiger partial charge is 0.489 e. The monoisotopic (exact) mass is 236 g/mol. The zero-order valence-corrected chi connectivity index (χ0v) is 9.79. The van der Waals surface area contributed by atoms with Crippen LogP contribution in [-0.2, 0) is 0 Å². The summed E-state index contributed by atoms with van der Waals surface area (Å²) in [5.41, 5.74) is 8.09. The smallest absolute Gasteiger partial charge is 0.145 e. The summed E-state index contributed by atoms with van der Waals surface area (Å²) < 4.78 is 7.96. The standard InChI is InChI=1S/C12H13ClN2O/c1-7-2-8-3-9(13)4-11-12(8)15(7)10(5-14)6-16-11/h2-4,10H,5-6,14H2,1H3. The number of rotatable bonds is 1. The zero-order chi connectivity index (χ0) is 11.3. The van der Waals surface area contributed by atoms with Gasteiger partial charge in [0.15, 0.2) is 0 Å². The van der Waals surface area contributed by atoms with Crippen molar-refractivity contribution in [1.82, 2.24) is 4.57 Å². The van der Waals surface area contributed by atoms with E-state index < -0.39 is 0 Å². The van der Waals surface area contributed by atoms with Crippen LogP contribution in [0, 0.1) is 6.92 Å². The zero-order valence-electron chi connectivity index (χ0n) is 9.03. The average Bonchev–Trinajstić information content (AvgIpc) is 2.58. The molecule has 1 aliphatic rings. The van der Waals surface area contributed by atoms with Crippen LogP contribution in [-0.4, -0.2) is 17.7 Å². The van der Waals surface area contributed by atoms with Crippen molar-refractivity contribution in [3.63, 3.8) is 0 Å². The number of ether oxygens (including phenoxy) is 1. The summed E-state index contributed by atoms with van der Waals surface area (Å²) in [6.07, 6.45) is 0. The van der Waals surface area contributed by atoms with E-state index in [1.54, 1.807) is 0 Å². The quantitative estimate of drug-likeness (QED) is 0.827. The third-order valence-electron chi connectivity index (χ3n) is 3.12. The highest BCUT2D eigenvalue weighted by atomic mass is 35.5. The van der Waals surface area contributed by atoms with Gasteiger partial charge in [-0.25, -0.2) is 0 Å². The van der Waals surface area contributed by atoms with E-state index in [-0.39, 0.29) is 6.04 Å². The second-order valence-corrected chi connectivity index (χ2v) is 4.63. The molecule has 1 unspecified atom stereocenters. The summed E-state index contributed by atoms with van der Waals surface area (Å²) in [6, 6.07) is 6.19. The van der Waals surface area contributed by atoms with Gasteiger partial charge in [0.2, 0.25) is 0 Å². The third kappa shape index (κ3) is 1.25. The number of nitrogens with two attached hydrogens (primary N) is 1. The maximum atomic E-state index is 6.04. The van der Waals surface area contributed by atoms with Gasteiger partial charge in [-0.05, 0) is 19.1 Å². The Bertz CT molecular complexity index is 562. The van der Waals surface area contributed by atoms with Crippen LogP contribution < -0.4 is 10.5 Å². The molecule has 84 valence electrons. The number of hydrogen-bond donors (Lipinski definition) is 1. The minimum atomic E-state index is 0.228. The molecule has 0 spiro atoms. The van der Waals surface area contributed by atoms with Gasteiger partial charge in [-0.15, -0.1) is 0 Å². The van der Waals surface area contributed by atoms with Gasteiger partial charge in [0.1, 0.15) is 12.4 Å². The van der Waals surface area contributed by atoms with Gasteiger partial charge in [-0.3, -0.25) is 0 Å². The molecule has 0 saturated heterocycles. The van der Waals surface area contributed by atoms with Gasteiger partial charge < -0.3 is 15.0 Å². The van der Waals surface area contributed by atoms with E-state index in [0.29, 0.717) is 18.2 Å². The Morgan fingerprint density at radius 3 is 3.06 bits per heavy atom. The van der Waals surface area contributed by atoms with Crippen molar-refractivity contribution >= 4 is 22.5 Å². The predicted octanol–water partition coefficient (Wildman–Crippen LogP) is 2.50. The average molecular weight is 237 g/mol. The molecule has 1 aromatic heterocycles. The van der Waals surface area contributed by atoms with Crippen LogP contribution >= 0.6 is 11.6 Å². The molecule has 0 aliphatic carbocycles. The van der Waals surface area contributed by atoms with Crippen LogP contribution in [0.3, 0.4) is 0 Å². The molecule has 1 aliphatic heterocycles. The number of aryl methyl sites for hydroxylation is 1. The molecule has 3 rings (SSSR count). The molecule has 0 fully saturated rings. The highest BCUT2D eigenvalue weighted by molar-refractivity contribution is 6.31. The van der Waals surface area contributed by atoms with Crippen LogP contribution in [0.4, 0.5) is 0 Å². The van der Waals surface area contributed by atoms with E-state index in [9.17, 15) is 0 Å². The lowest BCUT2D eigenvalue weighted by molar-refractivity contribution is 0.239. The maximum Gasteiger partial charge on any atom is 0.145 e. The fourth-order valence-electron chi connectivity index (χ4n) is 2.45. The Kier molecular flexibility index (Phi) is 2.13. The van der Waals surface area contributed by atoms with Crippen molar-refractivity contribution in [1.29, 1.82) is 0 Å². The van der Waals surface area contributed by atoms with Crippen LogP contribution in [0.15, 0.2) is 18.2 Å². The van der Waals surface area contributed by atoms with Crippen molar-refractivity contribution < 1.29 is 4.74 Å². The third-order valence-corrected chi connectivity index (χ3v) is 3.34. The van der Waals surface area contributed by atoms with Crippen molar-refractivity contribution in [2.75, 3.05) is 13.2 Å². The SMILES string of the molecule is Cc1cc2cc(Cl)cc3c2n1C(CN)CO3. The second-order valence-electron chi connectivity index (χ2n) is 4.20. The first kappa shape index (κ1) is 10.00. The lowest BCUT2D eigenvalue weighted by Gasteiger charge is -2.26. The molecule has 0 bridgehead atoms. The van der Waals surface area contributed by atoms with E-state index in [2.05, 4.69) is 17.6 Å². The fourth-order valence-corrected chi connectivity index (χ4v) is 2.66. The van der Waals surface area contributed by atoms with Gasteiger partial charge in [0.25, 0.3) is 0 Å². The van der Waals surface area contributed by atoms with Crippen LogP contribution in [0.2, 0.25) is 5.02 Å². The summed E-state index contributed by atoms with van der Waals surface area (Å²) in [6.45, 7) is 3.30. The van der Waals surface area contributed by atoms with Crippen molar-refractivity contribution in [3.05, 3.63) is 28.9 Å². The fraction of sp³-hybridized carbons (Fsp3) is 0.333. The number of nitrogens with zero attached hydrogens (tertiary/aromatic N) is 1. The molecule has 2 heterocycles. The lowest BCUT2D eigenvalue weighted by Crippen LogP contribution is -2.29.